The van der Waals surface area contributed by atoms with E-state index in [9.17, 15) is 9.59 Å². The lowest BCUT2D eigenvalue weighted by atomic mass is 9.46. The molecule has 0 spiro atoms. The van der Waals surface area contributed by atoms with Crippen LogP contribution in [0.3, 0.4) is 0 Å². The topological polar surface area (TPSA) is 61.8 Å². The van der Waals surface area contributed by atoms with E-state index in [4.69, 9.17) is 13.9 Å². The molecule has 0 bridgehead atoms. The molecule has 6 heteroatoms. The number of hydrogen-bond donors (Lipinski definition) is 0. The molecule has 3 aliphatic carbocycles. The van der Waals surface area contributed by atoms with Crippen LogP contribution in [0.1, 0.15) is 87.0 Å². The predicted octanol–water partition coefficient (Wildman–Crippen LogP) is 6.47. The lowest BCUT2D eigenvalue weighted by Gasteiger charge is -2.62. The second-order valence-electron chi connectivity index (χ2n) is 12.8. The first kappa shape index (κ1) is 27.2. The minimum absolute atomic E-state index is 0.0319. The Morgan fingerprint density at radius 2 is 1.71 bits per heavy atom. The predicted molar refractivity (Wildman–Crippen MR) is 141 cm³/mol. The molecule has 7 atom stereocenters. The smallest absolute Gasteiger partial charge is 0.192 e. The van der Waals surface area contributed by atoms with Crippen LogP contribution < -0.4 is 0 Å². The van der Waals surface area contributed by atoms with Gasteiger partial charge in [0.15, 0.2) is 14.1 Å². The van der Waals surface area contributed by atoms with Crippen molar-refractivity contribution in [3.8, 4) is 0 Å². The highest BCUT2D eigenvalue weighted by atomic mass is 28.4. The summed E-state index contributed by atoms with van der Waals surface area (Å²) in [5, 5.41) is 0. The van der Waals surface area contributed by atoms with Crippen molar-refractivity contribution in [1.29, 1.82) is 0 Å². The van der Waals surface area contributed by atoms with E-state index in [1.807, 2.05) is 26.8 Å². The molecule has 5 nitrogen and oxygen atoms in total. The summed E-state index contributed by atoms with van der Waals surface area (Å²) < 4.78 is 20.1. The fourth-order valence-electron chi connectivity index (χ4n) is 8.73. The summed E-state index contributed by atoms with van der Waals surface area (Å²) in [5.74, 6) is -0.148. The molecule has 4 aliphatic rings. The summed E-state index contributed by atoms with van der Waals surface area (Å²) in [6.45, 7) is 19.7. The van der Waals surface area contributed by atoms with Gasteiger partial charge in [-0.15, -0.1) is 6.58 Å². The van der Waals surface area contributed by atoms with Crippen LogP contribution in [0, 0.1) is 28.6 Å². The van der Waals surface area contributed by atoms with Crippen LogP contribution in [-0.4, -0.2) is 44.0 Å². The van der Waals surface area contributed by atoms with E-state index < -0.39 is 25.1 Å². The van der Waals surface area contributed by atoms with Crippen molar-refractivity contribution < 1.29 is 23.5 Å². The van der Waals surface area contributed by atoms with Crippen LogP contribution in [0.25, 0.3) is 0 Å². The Hall–Kier alpha value is -0.823. The Balaban J connectivity index is 1.85. The van der Waals surface area contributed by atoms with Gasteiger partial charge in [-0.05, 0) is 69.5 Å². The molecule has 35 heavy (non-hydrogen) atoms. The number of allylic oxidation sites excluding steroid dienone is 1. The summed E-state index contributed by atoms with van der Waals surface area (Å²) >= 11 is 0. The molecule has 4 fully saturated rings. The molecule has 0 aromatic carbocycles. The van der Waals surface area contributed by atoms with Crippen molar-refractivity contribution in [3.63, 3.8) is 0 Å². The Labute approximate surface area is 213 Å². The van der Waals surface area contributed by atoms with Gasteiger partial charge in [0, 0.05) is 29.6 Å². The molecule has 0 amide bonds. The zero-order valence-corrected chi connectivity index (χ0v) is 24.2. The summed E-state index contributed by atoms with van der Waals surface area (Å²) in [4.78, 5) is 27.4. The van der Waals surface area contributed by atoms with Gasteiger partial charge in [0.25, 0.3) is 0 Å². The summed E-state index contributed by atoms with van der Waals surface area (Å²) in [5.41, 5.74) is -1.40. The van der Waals surface area contributed by atoms with E-state index in [0.717, 1.165) is 37.4 Å². The maximum Gasteiger partial charge on any atom is 0.192 e. The van der Waals surface area contributed by atoms with Crippen LogP contribution in [-0.2, 0) is 23.5 Å². The molecule has 4 rings (SSSR count). The van der Waals surface area contributed by atoms with E-state index in [0.29, 0.717) is 25.9 Å². The van der Waals surface area contributed by atoms with Crippen molar-refractivity contribution in [2.24, 2.45) is 28.6 Å². The Morgan fingerprint density at radius 1 is 1.06 bits per heavy atom. The van der Waals surface area contributed by atoms with E-state index in [-0.39, 0.29) is 40.8 Å². The lowest BCUT2D eigenvalue weighted by Crippen LogP contribution is -2.68. The molecular weight excluding hydrogens is 456 g/mol. The first-order valence-electron chi connectivity index (χ1n) is 14.1. The number of carbonyl (C=O) groups is 2. The third kappa shape index (κ3) is 3.97. The van der Waals surface area contributed by atoms with Crippen LogP contribution in [0.5, 0.6) is 0 Å². The summed E-state index contributed by atoms with van der Waals surface area (Å²) in [6, 6.07) is 3.23. The fourth-order valence-corrected chi connectivity index (χ4v) is 11.9. The minimum Gasteiger partial charge on any atom is -0.410 e. The maximum absolute atomic E-state index is 14.1. The molecule has 3 saturated carbocycles. The molecule has 0 N–H and O–H groups in total. The Kier molecular flexibility index (Phi) is 7.14. The highest BCUT2D eigenvalue weighted by Crippen LogP contribution is 2.68. The molecular formula is C29H48O5Si. The van der Waals surface area contributed by atoms with Gasteiger partial charge in [-0.1, -0.05) is 40.7 Å². The minimum atomic E-state index is -2.01. The van der Waals surface area contributed by atoms with Gasteiger partial charge < -0.3 is 13.9 Å². The van der Waals surface area contributed by atoms with Gasteiger partial charge in [-0.25, -0.2) is 0 Å². The van der Waals surface area contributed by atoms with E-state index in [1.165, 1.54) is 0 Å². The summed E-state index contributed by atoms with van der Waals surface area (Å²) in [7, 11) is -2.01. The molecule has 1 unspecified atom stereocenters. The molecule has 0 radical (unpaired) electrons. The van der Waals surface area contributed by atoms with Crippen LogP contribution in [0.2, 0.25) is 18.1 Å². The zero-order valence-electron chi connectivity index (χ0n) is 23.2. The molecule has 1 saturated heterocycles. The number of ether oxygens (including phenoxy) is 2. The van der Waals surface area contributed by atoms with Gasteiger partial charge in [-0.3, -0.25) is 9.59 Å². The first-order chi connectivity index (χ1) is 16.4. The zero-order chi connectivity index (χ0) is 25.9. The number of Topliss-reactive ketones (excluding diaryl/α,β-unsaturated/α-hetero) is 2. The standard InChI is InChI=1S/C29H48O5Si/c1-9-16-27(7)24(31)14-13-21-25(27)22(30)18-28(8)20(23-19-32-26(5,6)33-23)15-17-29(21,28)34-35(10-2,11-3)12-4/h9,20-21,23,25H,1,10-19H2,2-8H3/t20-,21-,23?,25-,27+,28-,29+/m1/s1. The lowest BCUT2D eigenvalue weighted by molar-refractivity contribution is -0.198. The van der Waals surface area contributed by atoms with Crippen molar-refractivity contribution in [3.05, 3.63) is 12.7 Å². The normalized spacial score (nSPS) is 43.2. The molecule has 198 valence electrons. The number of hydrogen-bond acceptors (Lipinski definition) is 5. The van der Waals surface area contributed by atoms with Gasteiger partial charge in [0.2, 0.25) is 0 Å². The van der Waals surface area contributed by atoms with Gasteiger partial charge >= 0.3 is 0 Å². The number of rotatable bonds is 8. The maximum atomic E-state index is 14.1. The van der Waals surface area contributed by atoms with Crippen LogP contribution in [0.4, 0.5) is 0 Å². The summed E-state index contributed by atoms with van der Waals surface area (Å²) in [6.07, 6.45) is 6.01. The number of fused-ring (bicyclic) bond motifs is 3. The van der Waals surface area contributed by atoms with Crippen molar-refractivity contribution in [1.82, 2.24) is 0 Å². The molecule has 0 aromatic heterocycles. The molecule has 0 aromatic rings. The second kappa shape index (κ2) is 9.18. The van der Waals surface area contributed by atoms with E-state index >= 15 is 0 Å². The average Bonchev–Trinajstić information content (AvgIpc) is 3.30. The fraction of sp³-hybridized carbons (Fsp3) is 0.862. The third-order valence-electron chi connectivity index (χ3n) is 10.9. The van der Waals surface area contributed by atoms with Gasteiger partial charge in [0.05, 0.1) is 18.3 Å². The largest absolute Gasteiger partial charge is 0.410 e. The quantitative estimate of drug-likeness (QED) is 0.280. The van der Waals surface area contributed by atoms with Crippen LogP contribution in [0.15, 0.2) is 12.7 Å². The van der Waals surface area contributed by atoms with Crippen molar-refractivity contribution in [2.45, 2.75) is 123 Å². The third-order valence-corrected chi connectivity index (χ3v) is 15.5. The highest BCUT2D eigenvalue weighted by Gasteiger charge is 2.72. The van der Waals surface area contributed by atoms with Crippen molar-refractivity contribution in [2.75, 3.05) is 6.61 Å². The first-order valence-corrected chi connectivity index (χ1v) is 16.6. The number of ketones is 2. The average molecular weight is 505 g/mol. The SMILES string of the molecule is C=CC[C@@]1(C)C(=O)CC[C@@H]2[C@@H]1C(=O)C[C@]1(C)[C@@H](C3COC(C)(C)O3)CC[C@]21O[Si](CC)(CC)CC. The van der Waals surface area contributed by atoms with Crippen LogP contribution >= 0.6 is 0 Å². The molecule has 1 heterocycles. The van der Waals surface area contributed by atoms with Crippen molar-refractivity contribution >= 4 is 19.9 Å². The Bertz CT molecular complexity index is 857. The van der Waals surface area contributed by atoms with Gasteiger partial charge in [0.1, 0.15) is 11.6 Å². The van der Waals surface area contributed by atoms with E-state index in [2.05, 4.69) is 34.3 Å². The monoisotopic (exact) mass is 504 g/mol. The molecule has 1 aliphatic heterocycles. The second-order valence-corrected chi connectivity index (χ2v) is 17.5. The highest BCUT2D eigenvalue weighted by molar-refractivity contribution is 6.73. The number of carbonyl (C=O) groups excluding carboxylic acids is 2. The van der Waals surface area contributed by atoms with Gasteiger partial charge in [-0.2, -0.15) is 0 Å². The Morgan fingerprint density at radius 3 is 2.26 bits per heavy atom. The van der Waals surface area contributed by atoms with E-state index in [1.54, 1.807) is 0 Å².